The van der Waals surface area contributed by atoms with E-state index < -0.39 is 36.5 Å². The van der Waals surface area contributed by atoms with E-state index in [0.29, 0.717) is 6.07 Å². The second-order valence-corrected chi connectivity index (χ2v) is 12.6. The van der Waals surface area contributed by atoms with Gasteiger partial charge in [0.1, 0.15) is 21.7 Å². The van der Waals surface area contributed by atoms with Crippen molar-refractivity contribution in [3.8, 4) is 37.1 Å². The molecule has 15 heteroatoms. The Labute approximate surface area is 244 Å². The molecule has 11 nitrogen and oxygen atoms in total. The molecule has 0 spiro atoms. The zero-order valence-corrected chi connectivity index (χ0v) is 23.7. The van der Waals surface area contributed by atoms with Crippen molar-refractivity contribution in [3.05, 3.63) is 99.6 Å². The Balaban J connectivity index is 1.25. The number of thiophene rings is 2. The number of hydrogen-bond donors (Lipinski definition) is 1. The fraction of sp³-hybridized carbons (Fsp3) is 0. The quantitative estimate of drug-likeness (QED) is 0.104. The zero-order valence-electron chi connectivity index (χ0n) is 20.4. The van der Waals surface area contributed by atoms with Crippen LogP contribution >= 0.6 is 34.4 Å². The maximum Gasteiger partial charge on any atom is 0.341 e. The first-order valence-electron chi connectivity index (χ1n) is 11.6. The number of hydrogen-bond acceptors (Lipinski definition) is 13. The summed E-state index contributed by atoms with van der Waals surface area (Å²) in [7, 11) is -4.61. The van der Waals surface area contributed by atoms with Gasteiger partial charge in [-0.2, -0.15) is 17.2 Å². The van der Waals surface area contributed by atoms with Crippen LogP contribution in [-0.4, -0.2) is 27.3 Å². The maximum absolute atomic E-state index is 12.8. The molecule has 6 rings (SSSR count). The van der Waals surface area contributed by atoms with Crippen LogP contribution in [0.15, 0.2) is 89.1 Å². The van der Waals surface area contributed by atoms with Crippen molar-refractivity contribution in [2.75, 3.05) is 5.23 Å². The summed E-state index contributed by atoms with van der Waals surface area (Å²) in [5.74, 6) is -0.0513. The minimum atomic E-state index is -4.61. The predicted molar refractivity (Wildman–Crippen MR) is 158 cm³/mol. The Morgan fingerprint density at radius 1 is 0.878 bits per heavy atom. The molecule has 206 valence electrons. The number of anilines is 1. The Morgan fingerprint density at radius 2 is 1.56 bits per heavy atom. The van der Waals surface area contributed by atoms with E-state index in [4.69, 9.17) is 4.18 Å². The summed E-state index contributed by atoms with van der Waals surface area (Å²) in [6.45, 7) is 0. The van der Waals surface area contributed by atoms with E-state index in [9.17, 15) is 28.9 Å². The summed E-state index contributed by atoms with van der Waals surface area (Å²) in [5.41, 5.74) is 3.09. The molecule has 3 aromatic heterocycles. The van der Waals surface area contributed by atoms with E-state index in [1.807, 2.05) is 29.6 Å². The molecular formula is C26H15N4O7S4-. The molecule has 0 aliphatic rings. The van der Waals surface area contributed by atoms with Gasteiger partial charge in [-0.05, 0) is 59.5 Å². The highest BCUT2D eigenvalue weighted by molar-refractivity contribution is 7.87. The van der Waals surface area contributed by atoms with Crippen LogP contribution in [0, 0.1) is 15.3 Å². The lowest BCUT2D eigenvalue weighted by molar-refractivity contribution is -0.384. The number of aromatic nitrogens is 2. The van der Waals surface area contributed by atoms with Crippen molar-refractivity contribution in [3.63, 3.8) is 0 Å². The van der Waals surface area contributed by atoms with Crippen LogP contribution in [0.25, 0.3) is 42.4 Å². The van der Waals surface area contributed by atoms with Gasteiger partial charge >= 0.3 is 10.1 Å². The Hall–Kier alpha value is -4.25. The molecule has 0 unspecified atom stereocenters. The normalized spacial score (nSPS) is 11.6. The fourth-order valence-corrected chi connectivity index (χ4v) is 7.61. The first-order chi connectivity index (χ1) is 19.7. The first kappa shape index (κ1) is 26.9. The Kier molecular flexibility index (Phi) is 6.98. The molecule has 0 amide bonds. The largest absolute Gasteiger partial charge is 0.733 e. The topological polar surface area (TPSA) is 159 Å². The minimum absolute atomic E-state index is 0.0513. The van der Waals surface area contributed by atoms with Gasteiger partial charge in [-0.25, -0.2) is 0 Å². The Bertz CT molecular complexity index is 2000. The lowest BCUT2D eigenvalue weighted by Crippen LogP contribution is -2.16. The van der Waals surface area contributed by atoms with Crippen molar-refractivity contribution in [2.24, 2.45) is 0 Å². The van der Waals surface area contributed by atoms with Gasteiger partial charge in [-0.1, -0.05) is 18.2 Å². The van der Waals surface area contributed by atoms with Crippen molar-refractivity contribution in [1.29, 1.82) is 0 Å². The predicted octanol–water partition coefficient (Wildman–Crippen LogP) is 7.18. The molecule has 0 fully saturated rings. The fourth-order valence-electron chi connectivity index (χ4n) is 4.16. The maximum atomic E-state index is 12.8. The lowest BCUT2D eigenvalue weighted by Gasteiger charge is -2.23. The monoisotopic (exact) mass is 623 g/mol. The number of nitro benzene ring substituents is 1. The number of non-ortho nitro benzene ring substituents is 1. The lowest BCUT2D eigenvalue weighted by atomic mass is 10.1. The third kappa shape index (κ3) is 5.17. The molecule has 0 atom stereocenters. The van der Waals surface area contributed by atoms with Crippen LogP contribution in [0.3, 0.4) is 0 Å². The number of benzene rings is 3. The molecule has 1 N–H and O–H groups in total. The van der Waals surface area contributed by atoms with E-state index in [2.05, 4.69) is 20.9 Å². The zero-order chi connectivity index (χ0) is 28.7. The average Bonchev–Trinajstić information content (AvgIpc) is 3.75. The van der Waals surface area contributed by atoms with E-state index in [1.54, 1.807) is 34.8 Å². The second-order valence-electron chi connectivity index (χ2n) is 8.51. The van der Waals surface area contributed by atoms with Gasteiger partial charge in [0.2, 0.25) is 0 Å². The first-order valence-corrected chi connectivity index (χ1v) is 15.4. The molecule has 0 aliphatic carbocycles. The van der Waals surface area contributed by atoms with Crippen molar-refractivity contribution < 1.29 is 22.7 Å². The summed E-state index contributed by atoms with van der Waals surface area (Å²) < 4.78 is 39.9. The van der Waals surface area contributed by atoms with Gasteiger partial charge in [0.15, 0.2) is 0 Å². The van der Waals surface area contributed by atoms with Crippen LogP contribution in [0.4, 0.5) is 11.4 Å². The molecule has 41 heavy (non-hydrogen) atoms. The number of nitro groups is 1. The SMILES string of the molecule is O=[N+]([O-])c1ccc(S(=O)(=O)Oc2ccc(-c3ccc(-c4ccc(-c5cccs5)c5nsnc45)s3)cc2)c(N([O-])O)c1. The summed E-state index contributed by atoms with van der Waals surface area (Å²) in [4.78, 5) is 12.5. The van der Waals surface area contributed by atoms with Crippen LogP contribution in [-0.2, 0) is 10.1 Å². The third-order valence-corrected chi connectivity index (χ3v) is 9.94. The summed E-state index contributed by atoms with van der Waals surface area (Å²) >= 11 is 4.35. The minimum Gasteiger partial charge on any atom is -0.733 e. The van der Waals surface area contributed by atoms with Crippen LogP contribution in [0.5, 0.6) is 5.75 Å². The van der Waals surface area contributed by atoms with Crippen LogP contribution in [0.2, 0.25) is 0 Å². The van der Waals surface area contributed by atoms with Crippen molar-refractivity contribution in [1.82, 2.24) is 8.75 Å². The average molecular weight is 624 g/mol. The molecule has 3 aromatic carbocycles. The third-order valence-electron chi connectivity index (χ3n) is 6.05. The number of fused-ring (bicyclic) bond motifs is 1. The van der Waals surface area contributed by atoms with Gasteiger partial charge in [0, 0.05) is 37.9 Å². The summed E-state index contributed by atoms with van der Waals surface area (Å²) in [6, 6.07) is 20.7. The molecule has 0 saturated heterocycles. The standard InChI is InChI=1S/C26H15N4O7S4/c31-29(32)16-5-12-24(20(14-16)30(33)34)41(35,36)37-17-6-3-15(4-7-17)21-10-11-23(39-21)19-9-8-18(22-2-1-13-38-22)25-26(19)28-40-27-25/h1-14,33H/q-1. The van der Waals surface area contributed by atoms with Crippen molar-refractivity contribution in [2.45, 2.75) is 4.90 Å². The molecule has 0 radical (unpaired) electrons. The molecule has 0 bridgehead atoms. The molecule has 0 aliphatic heterocycles. The van der Waals surface area contributed by atoms with Gasteiger partial charge in [0.05, 0.1) is 22.3 Å². The molecule has 3 heterocycles. The second kappa shape index (κ2) is 10.6. The molecule has 6 aromatic rings. The highest BCUT2D eigenvalue weighted by atomic mass is 32.2. The highest BCUT2D eigenvalue weighted by Crippen LogP contribution is 2.41. The number of rotatable bonds is 8. The van der Waals surface area contributed by atoms with E-state index in [-0.39, 0.29) is 5.75 Å². The summed E-state index contributed by atoms with van der Waals surface area (Å²) in [5, 5.41) is 33.1. The van der Waals surface area contributed by atoms with Gasteiger partial charge in [0.25, 0.3) is 5.69 Å². The van der Waals surface area contributed by atoms with E-state index in [0.717, 1.165) is 54.5 Å². The van der Waals surface area contributed by atoms with Gasteiger partial charge in [-0.15, -0.1) is 22.7 Å². The molecule has 0 saturated carbocycles. The van der Waals surface area contributed by atoms with Gasteiger partial charge in [-0.3, -0.25) is 15.3 Å². The van der Waals surface area contributed by atoms with E-state index >= 15 is 0 Å². The smallest absolute Gasteiger partial charge is 0.341 e. The van der Waals surface area contributed by atoms with Crippen LogP contribution in [0.1, 0.15) is 0 Å². The van der Waals surface area contributed by atoms with E-state index in [1.165, 1.54) is 23.9 Å². The highest BCUT2D eigenvalue weighted by Gasteiger charge is 2.24. The van der Waals surface area contributed by atoms with Gasteiger partial charge < -0.3 is 14.6 Å². The molecular weight excluding hydrogens is 609 g/mol. The Morgan fingerprint density at radius 3 is 2.20 bits per heavy atom. The summed E-state index contributed by atoms with van der Waals surface area (Å²) in [6.07, 6.45) is 0. The number of nitrogens with zero attached hydrogens (tertiary/aromatic N) is 4. The van der Waals surface area contributed by atoms with Crippen LogP contribution < -0.4 is 9.41 Å². The van der Waals surface area contributed by atoms with Crippen molar-refractivity contribution >= 4 is 66.9 Å².